The van der Waals surface area contributed by atoms with Gasteiger partial charge in [-0.3, -0.25) is 9.48 Å². The van der Waals surface area contributed by atoms with Crippen molar-refractivity contribution in [2.75, 3.05) is 12.4 Å². The smallest absolute Gasteiger partial charge is 0.340 e. The third-order valence-electron chi connectivity index (χ3n) is 2.80. The van der Waals surface area contributed by atoms with Crippen LogP contribution < -0.4 is 5.32 Å². The quantitative estimate of drug-likeness (QED) is 0.838. The number of carbonyl (C=O) groups is 2. The lowest BCUT2D eigenvalue weighted by molar-refractivity contribution is 0.0602. The molecule has 0 aromatic carbocycles. The lowest BCUT2D eigenvalue weighted by Crippen LogP contribution is -2.18. The third-order valence-corrected chi connectivity index (χ3v) is 4.34. The fraction of sp³-hybridized carbons (Fsp3) is 0.308. The van der Waals surface area contributed by atoms with Crippen LogP contribution in [-0.4, -0.2) is 28.8 Å². The lowest BCUT2D eigenvalue weighted by atomic mass is 10.3. The van der Waals surface area contributed by atoms with E-state index in [4.69, 9.17) is 4.74 Å². The van der Waals surface area contributed by atoms with Crippen molar-refractivity contribution in [2.24, 2.45) is 0 Å². The largest absolute Gasteiger partial charge is 0.465 e. The highest BCUT2D eigenvalue weighted by molar-refractivity contribution is 9.10. The number of rotatable bonds is 4. The van der Waals surface area contributed by atoms with Crippen LogP contribution in [0.5, 0.6) is 0 Å². The molecule has 0 spiro atoms. The van der Waals surface area contributed by atoms with E-state index in [0.717, 1.165) is 4.88 Å². The van der Waals surface area contributed by atoms with Crippen molar-refractivity contribution in [3.8, 4) is 0 Å². The molecule has 0 aliphatic heterocycles. The summed E-state index contributed by atoms with van der Waals surface area (Å²) in [6.07, 6.45) is 1.57. The summed E-state index contributed by atoms with van der Waals surface area (Å²) in [6.45, 7) is 4.33. The van der Waals surface area contributed by atoms with Gasteiger partial charge in [-0.2, -0.15) is 5.10 Å². The number of amides is 1. The Morgan fingerprint density at radius 1 is 1.52 bits per heavy atom. The molecule has 21 heavy (non-hydrogen) atoms. The average molecular weight is 372 g/mol. The van der Waals surface area contributed by atoms with E-state index in [1.54, 1.807) is 16.9 Å². The second kappa shape index (κ2) is 6.40. The first-order chi connectivity index (χ1) is 9.97. The predicted molar refractivity (Wildman–Crippen MR) is 83.9 cm³/mol. The highest BCUT2D eigenvalue weighted by Gasteiger charge is 2.21. The molecule has 2 heterocycles. The molecule has 0 saturated heterocycles. The Labute approximate surface area is 134 Å². The Morgan fingerprint density at radius 3 is 2.86 bits per heavy atom. The first kappa shape index (κ1) is 15.7. The summed E-state index contributed by atoms with van der Waals surface area (Å²) in [5.74, 6) is -0.800. The van der Waals surface area contributed by atoms with Gasteiger partial charge in [0, 0.05) is 11.4 Å². The fourth-order valence-electron chi connectivity index (χ4n) is 1.86. The Kier molecular flexibility index (Phi) is 4.79. The number of carbonyl (C=O) groups excluding carboxylic acids is 2. The standard InChI is InChI=1S/C13H14BrN3O3S/c1-4-17-10(9(14)6-15-17)11(18)16-12-8(13(19)20-3)5-7(2)21-12/h5-6H,4H2,1-3H3,(H,16,18). The number of thiophene rings is 1. The van der Waals surface area contributed by atoms with Crippen molar-refractivity contribution in [3.63, 3.8) is 0 Å². The maximum Gasteiger partial charge on any atom is 0.340 e. The SMILES string of the molecule is CCn1ncc(Br)c1C(=O)Nc1sc(C)cc1C(=O)OC. The number of methoxy groups -OCH3 is 1. The molecule has 8 heteroatoms. The van der Waals surface area contributed by atoms with Crippen LogP contribution in [0, 0.1) is 6.92 Å². The molecule has 0 bridgehead atoms. The van der Waals surface area contributed by atoms with Crippen LogP contribution in [0.1, 0.15) is 32.6 Å². The van der Waals surface area contributed by atoms with Gasteiger partial charge in [-0.25, -0.2) is 4.79 Å². The summed E-state index contributed by atoms with van der Waals surface area (Å²) < 4.78 is 6.91. The average Bonchev–Trinajstić information content (AvgIpc) is 3.00. The number of aromatic nitrogens is 2. The summed E-state index contributed by atoms with van der Waals surface area (Å²) in [6, 6.07) is 1.69. The van der Waals surface area contributed by atoms with E-state index in [-0.39, 0.29) is 5.91 Å². The second-order valence-corrected chi connectivity index (χ2v) is 6.31. The molecule has 6 nitrogen and oxygen atoms in total. The monoisotopic (exact) mass is 371 g/mol. The van der Waals surface area contributed by atoms with Crippen molar-refractivity contribution < 1.29 is 14.3 Å². The van der Waals surface area contributed by atoms with Crippen LogP contribution in [0.15, 0.2) is 16.7 Å². The fourth-order valence-corrected chi connectivity index (χ4v) is 3.23. The van der Waals surface area contributed by atoms with Crippen molar-refractivity contribution in [3.05, 3.63) is 32.9 Å². The Bertz CT molecular complexity index is 693. The zero-order valence-electron chi connectivity index (χ0n) is 11.8. The Balaban J connectivity index is 2.32. The molecule has 2 rings (SSSR count). The first-order valence-electron chi connectivity index (χ1n) is 6.19. The van der Waals surface area contributed by atoms with Gasteiger partial charge in [-0.1, -0.05) is 0 Å². The van der Waals surface area contributed by atoms with E-state index in [9.17, 15) is 9.59 Å². The third kappa shape index (κ3) is 3.16. The highest BCUT2D eigenvalue weighted by atomic mass is 79.9. The molecule has 0 fully saturated rings. The van der Waals surface area contributed by atoms with E-state index in [0.29, 0.717) is 27.3 Å². The molecule has 1 amide bonds. The molecule has 0 aliphatic rings. The van der Waals surface area contributed by atoms with Gasteiger partial charge in [0.05, 0.1) is 23.3 Å². The topological polar surface area (TPSA) is 73.2 Å². The zero-order valence-corrected chi connectivity index (χ0v) is 14.2. The Hall–Kier alpha value is -1.67. The van der Waals surface area contributed by atoms with E-state index in [2.05, 4.69) is 26.3 Å². The Morgan fingerprint density at radius 2 is 2.24 bits per heavy atom. The summed E-state index contributed by atoms with van der Waals surface area (Å²) >= 11 is 4.63. The van der Waals surface area contributed by atoms with Crippen molar-refractivity contribution in [2.45, 2.75) is 20.4 Å². The van der Waals surface area contributed by atoms with E-state index in [1.165, 1.54) is 18.4 Å². The minimum Gasteiger partial charge on any atom is -0.465 e. The molecule has 2 aromatic heterocycles. The molecule has 0 aliphatic carbocycles. The van der Waals surface area contributed by atoms with Gasteiger partial charge in [0.15, 0.2) is 0 Å². The molecular formula is C13H14BrN3O3S. The number of aryl methyl sites for hydroxylation is 2. The van der Waals surface area contributed by atoms with Crippen LogP contribution in [0.3, 0.4) is 0 Å². The van der Waals surface area contributed by atoms with Gasteiger partial charge in [-0.05, 0) is 35.8 Å². The van der Waals surface area contributed by atoms with Gasteiger partial charge >= 0.3 is 5.97 Å². The minimum atomic E-state index is -0.474. The van der Waals surface area contributed by atoms with Crippen molar-refractivity contribution >= 4 is 44.1 Å². The number of anilines is 1. The molecule has 2 aromatic rings. The molecule has 112 valence electrons. The predicted octanol–water partition coefficient (Wildman–Crippen LogP) is 3.07. The second-order valence-electron chi connectivity index (χ2n) is 4.20. The van der Waals surface area contributed by atoms with E-state index >= 15 is 0 Å². The molecule has 0 radical (unpaired) electrons. The lowest BCUT2D eigenvalue weighted by Gasteiger charge is -2.07. The minimum absolute atomic E-state index is 0.326. The molecular weight excluding hydrogens is 358 g/mol. The number of esters is 1. The van der Waals surface area contributed by atoms with Crippen molar-refractivity contribution in [1.29, 1.82) is 0 Å². The maximum absolute atomic E-state index is 12.4. The summed E-state index contributed by atoms with van der Waals surface area (Å²) in [5, 5.41) is 7.32. The summed E-state index contributed by atoms with van der Waals surface area (Å²) in [5.41, 5.74) is 0.770. The van der Waals surface area contributed by atoms with E-state index < -0.39 is 5.97 Å². The number of nitrogens with zero attached hydrogens (tertiary/aromatic N) is 2. The van der Waals surface area contributed by atoms with Crippen LogP contribution in [0.4, 0.5) is 5.00 Å². The highest BCUT2D eigenvalue weighted by Crippen LogP contribution is 2.29. The van der Waals surface area contributed by atoms with Gasteiger partial charge in [0.2, 0.25) is 0 Å². The first-order valence-corrected chi connectivity index (χ1v) is 7.80. The number of halogens is 1. The molecule has 1 N–H and O–H groups in total. The van der Waals surface area contributed by atoms with Gasteiger partial charge in [-0.15, -0.1) is 11.3 Å². The number of ether oxygens (including phenoxy) is 1. The normalized spacial score (nSPS) is 10.5. The van der Waals surface area contributed by atoms with Crippen LogP contribution >= 0.6 is 27.3 Å². The van der Waals surface area contributed by atoms with Crippen molar-refractivity contribution in [1.82, 2.24) is 9.78 Å². The van der Waals surface area contributed by atoms with E-state index in [1.807, 2.05) is 13.8 Å². The van der Waals surface area contributed by atoms with Gasteiger partial charge in [0.25, 0.3) is 5.91 Å². The number of nitrogens with one attached hydrogen (secondary N) is 1. The maximum atomic E-state index is 12.4. The summed E-state index contributed by atoms with van der Waals surface area (Å²) in [7, 11) is 1.31. The van der Waals surface area contributed by atoms with Gasteiger partial charge < -0.3 is 10.1 Å². The molecule has 0 unspecified atom stereocenters. The van der Waals surface area contributed by atoms with Crippen LogP contribution in [-0.2, 0) is 11.3 Å². The number of hydrogen-bond donors (Lipinski definition) is 1. The zero-order chi connectivity index (χ0) is 15.6. The summed E-state index contributed by atoms with van der Waals surface area (Å²) in [4.78, 5) is 25.0. The van der Waals surface area contributed by atoms with Crippen LogP contribution in [0.25, 0.3) is 0 Å². The molecule has 0 saturated carbocycles. The van der Waals surface area contributed by atoms with Crippen LogP contribution in [0.2, 0.25) is 0 Å². The van der Waals surface area contributed by atoms with Gasteiger partial charge in [0.1, 0.15) is 10.7 Å². The number of hydrogen-bond acceptors (Lipinski definition) is 5. The molecule has 0 atom stereocenters.